The van der Waals surface area contributed by atoms with Gasteiger partial charge in [0.15, 0.2) is 0 Å². The van der Waals surface area contributed by atoms with Crippen molar-refractivity contribution < 1.29 is 4.42 Å². The van der Waals surface area contributed by atoms with Crippen LogP contribution < -0.4 is 0 Å². The van der Waals surface area contributed by atoms with E-state index in [0.29, 0.717) is 0 Å². The van der Waals surface area contributed by atoms with Crippen LogP contribution in [-0.4, -0.2) is 9.13 Å². The molecular weight excluding hydrogens is 548 g/mol. The van der Waals surface area contributed by atoms with E-state index < -0.39 is 0 Å². The first-order chi connectivity index (χ1) is 22.3. The number of hydrogen-bond donors (Lipinski definition) is 0. The monoisotopic (exact) mass is 574 g/mol. The third-order valence-electron chi connectivity index (χ3n) is 9.31. The Morgan fingerprint density at radius 3 is 1.80 bits per heavy atom. The zero-order chi connectivity index (χ0) is 29.5. The largest absolute Gasteiger partial charge is 0.456 e. The summed E-state index contributed by atoms with van der Waals surface area (Å²) in [5.41, 5.74) is 11.2. The van der Waals surface area contributed by atoms with Crippen LogP contribution in [0.2, 0.25) is 0 Å². The molecule has 0 fully saturated rings. The fourth-order valence-electron chi connectivity index (χ4n) is 7.37. The highest BCUT2D eigenvalue weighted by Gasteiger charge is 2.19. The molecule has 3 heterocycles. The molecule has 3 nitrogen and oxygen atoms in total. The standard InChI is InChI=1S/C42H26N2O/c1-2-11-28(12-3-1)44-39-24-22-29(43-37-18-7-4-13-31(37)32-14-5-8-19-38(32)43)26-36(39)35-17-10-16-30(42(35)44)27-21-23-34-33-15-6-9-20-40(33)45-41(34)25-27/h1-26H. The minimum Gasteiger partial charge on any atom is -0.456 e. The molecule has 0 spiro atoms. The van der Waals surface area contributed by atoms with E-state index >= 15 is 0 Å². The van der Waals surface area contributed by atoms with E-state index in [1.54, 1.807) is 0 Å². The first kappa shape index (κ1) is 24.4. The molecule has 10 rings (SSSR count). The Hall–Kier alpha value is -6.06. The summed E-state index contributed by atoms with van der Waals surface area (Å²) in [7, 11) is 0. The van der Waals surface area contributed by atoms with Crippen LogP contribution in [0.4, 0.5) is 0 Å². The smallest absolute Gasteiger partial charge is 0.136 e. The average Bonchev–Trinajstić information content (AvgIpc) is 3.76. The van der Waals surface area contributed by atoms with Crippen LogP contribution >= 0.6 is 0 Å². The summed E-state index contributed by atoms with van der Waals surface area (Å²) in [4.78, 5) is 0. The van der Waals surface area contributed by atoms with Crippen molar-refractivity contribution in [2.75, 3.05) is 0 Å². The van der Waals surface area contributed by atoms with Gasteiger partial charge in [-0.15, -0.1) is 0 Å². The Morgan fingerprint density at radius 2 is 1.00 bits per heavy atom. The Morgan fingerprint density at radius 1 is 0.356 bits per heavy atom. The highest BCUT2D eigenvalue weighted by Crippen LogP contribution is 2.41. The zero-order valence-electron chi connectivity index (χ0n) is 24.3. The van der Waals surface area contributed by atoms with Crippen LogP contribution in [0.25, 0.3) is 88.1 Å². The number of furan rings is 1. The fraction of sp³-hybridized carbons (Fsp3) is 0. The van der Waals surface area contributed by atoms with Gasteiger partial charge in [-0.2, -0.15) is 0 Å². The average molecular weight is 575 g/mol. The molecule has 10 aromatic rings. The molecular formula is C42H26N2O. The summed E-state index contributed by atoms with van der Waals surface area (Å²) in [6, 6.07) is 56.6. The fourth-order valence-corrected chi connectivity index (χ4v) is 7.37. The molecule has 0 unspecified atom stereocenters. The summed E-state index contributed by atoms with van der Waals surface area (Å²) in [6.45, 7) is 0. The van der Waals surface area contributed by atoms with Crippen LogP contribution in [0.5, 0.6) is 0 Å². The molecule has 0 atom stereocenters. The molecule has 0 saturated carbocycles. The second kappa shape index (κ2) is 9.22. The van der Waals surface area contributed by atoms with Crippen LogP contribution in [0.3, 0.4) is 0 Å². The normalized spacial score (nSPS) is 12.0. The first-order valence-corrected chi connectivity index (χ1v) is 15.4. The SMILES string of the molecule is c1ccc(-n2c3ccc(-n4c5ccccc5c5ccccc54)cc3c3cccc(-c4ccc5c(c4)oc4ccccc45)c32)cc1. The second-order valence-corrected chi connectivity index (χ2v) is 11.8. The van der Waals surface area contributed by atoms with E-state index in [2.05, 4.69) is 155 Å². The lowest BCUT2D eigenvalue weighted by Crippen LogP contribution is -1.96. The Balaban J connectivity index is 1.28. The predicted octanol–water partition coefficient (Wildman–Crippen LogP) is 11.4. The molecule has 0 N–H and O–H groups in total. The minimum absolute atomic E-state index is 0.904. The van der Waals surface area contributed by atoms with Gasteiger partial charge in [0.25, 0.3) is 0 Å². The summed E-state index contributed by atoms with van der Waals surface area (Å²) >= 11 is 0. The Kier molecular flexibility index (Phi) is 5.00. The number of rotatable bonds is 3. The summed E-state index contributed by atoms with van der Waals surface area (Å²) in [5.74, 6) is 0. The molecule has 210 valence electrons. The summed E-state index contributed by atoms with van der Waals surface area (Å²) < 4.78 is 11.1. The maximum atomic E-state index is 6.32. The van der Waals surface area contributed by atoms with Crippen molar-refractivity contribution in [1.29, 1.82) is 0 Å². The van der Waals surface area contributed by atoms with Gasteiger partial charge in [0.2, 0.25) is 0 Å². The van der Waals surface area contributed by atoms with Gasteiger partial charge in [-0.3, -0.25) is 0 Å². The Labute approximate surface area is 258 Å². The third kappa shape index (κ3) is 3.46. The molecule has 0 saturated heterocycles. The van der Waals surface area contributed by atoms with E-state index in [-0.39, 0.29) is 0 Å². The van der Waals surface area contributed by atoms with Gasteiger partial charge in [0.1, 0.15) is 11.2 Å². The van der Waals surface area contributed by atoms with Gasteiger partial charge in [-0.25, -0.2) is 0 Å². The highest BCUT2D eigenvalue weighted by atomic mass is 16.3. The number of benzene rings is 7. The van der Waals surface area contributed by atoms with Crippen LogP contribution in [0.1, 0.15) is 0 Å². The highest BCUT2D eigenvalue weighted by molar-refractivity contribution is 6.16. The molecule has 0 aliphatic rings. The summed E-state index contributed by atoms with van der Waals surface area (Å²) in [6.07, 6.45) is 0. The molecule has 0 aliphatic heterocycles. The van der Waals surface area contributed by atoms with Gasteiger partial charge in [-0.05, 0) is 66.2 Å². The van der Waals surface area contributed by atoms with Crippen molar-refractivity contribution in [3.8, 4) is 22.5 Å². The van der Waals surface area contributed by atoms with Crippen molar-refractivity contribution >= 4 is 65.6 Å². The van der Waals surface area contributed by atoms with E-state index in [4.69, 9.17) is 4.42 Å². The molecule has 3 heteroatoms. The maximum absolute atomic E-state index is 6.32. The predicted molar refractivity (Wildman–Crippen MR) is 188 cm³/mol. The zero-order valence-corrected chi connectivity index (χ0v) is 24.3. The van der Waals surface area contributed by atoms with Crippen molar-refractivity contribution in [3.63, 3.8) is 0 Å². The first-order valence-electron chi connectivity index (χ1n) is 15.4. The van der Waals surface area contributed by atoms with Crippen molar-refractivity contribution in [2.45, 2.75) is 0 Å². The molecule has 0 aliphatic carbocycles. The summed E-state index contributed by atoms with van der Waals surface area (Å²) in [5, 5.41) is 7.26. The number of para-hydroxylation sites is 5. The van der Waals surface area contributed by atoms with Crippen molar-refractivity contribution in [2.24, 2.45) is 0 Å². The van der Waals surface area contributed by atoms with Gasteiger partial charge >= 0.3 is 0 Å². The topological polar surface area (TPSA) is 23.0 Å². The lowest BCUT2D eigenvalue weighted by atomic mass is 10.0. The van der Waals surface area contributed by atoms with E-state index in [9.17, 15) is 0 Å². The van der Waals surface area contributed by atoms with E-state index in [0.717, 1.165) is 38.9 Å². The van der Waals surface area contributed by atoms with Gasteiger partial charge in [0, 0.05) is 49.3 Å². The van der Waals surface area contributed by atoms with Gasteiger partial charge in [-0.1, -0.05) is 97.1 Å². The molecule has 7 aromatic carbocycles. The quantitative estimate of drug-likeness (QED) is 0.206. The van der Waals surface area contributed by atoms with Crippen LogP contribution in [0.15, 0.2) is 162 Å². The van der Waals surface area contributed by atoms with Gasteiger partial charge in [0.05, 0.1) is 22.1 Å². The molecule has 0 radical (unpaired) electrons. The number of nitrogens with zero attached hydrogens (tertiary/aromatic N) is 2. The number of aromatic nitrogens is 2. The number of fused-ring (bicyclic) bond motifs is 9. The van der Waals surface area contributed by atoms with Crippen molar-refractivity contribution in [1.82, 2.24) is 9.13 Å². The van der Waals surface area contributed by atoms with Crippen molar-refractivity contribution in [3.05, 3.63) is 158 Å². The molecule has 0 amide bonds. The lowest BCUT2D eigenvalue weighted by molar-refractivity contribution is 0.669. The van der Waals surface area contributed by atoms with Crippen LogP contribution in [0, 0.1) is 0 Å². The van der Waals surface area contributed by atoms with E-state index in [1.807, 2.05) is 12.1 Å². The van der Waals surface area contributed by atoms with Crippen LogP contribution in [-0.2, 0) is 0 Å². The minimum atomic E-state index is 0.904. The second-order valence-electron chi connectivity index (χ2n) is 11.8. The molecule has 45 heavy (non-hydrogen) atoms. The third-order valence-corrected chi connectivity index (χ3v) is 9.31. The Bertz CT molecular complexity index is 2710. The molecule has 3 aromatic heterocycles. The lowest BCUT2D eigenvalue weighted by Gasteiger charge is -2.12. The van der Waals surface area contributed by atoms with E-state index in [1.165, 1.54) is 49.2 Å². The van der Waals surface area contributed by atoms with Gasteiger partial charge < -0.3 is 13.6 Å². The molecule has 0 bridgehead atoms. The maximum Gasteiger partial charge on any atom is 0.136 e. The number of hydrogen-bond acceptors (Lipinski definition) is 1.